The lowest BCUT2D eigenvalue weighted by molar-refractivity contribution is -0.923. The molecule has 6 heteroatoms. The van der Waals surface area contributed by atoms with Crippen LogP contribution < -0.4 is 10.5 Å². The Kier molecular flexibility index (Phi) is 5.15. The molecule has 0 spiro atoms. The van der Waals surface area contributed by atoms with Crippen LogP contribution in [-0.2, 0) is 13.0 Å². The van der Waals surface area contributed by atoms with Crippen molar-refractivity contribution in [2.45, 2.75) is 39.8 Å². The van der Waals surface area contributed by atoms with Crippen molar-refractivity contribution < 1.29 is 14.4 Å². The first-order valence-corrected chi connectivity index (χ1v) is 10.7. The second kappa shape index (κ2) is 7.61. The van der Waals surface area contributed by atoms with E-state index >= 15 is 0 Å². The van der Waals surface area contributed by atoms with Crippen molar-refractivity contribution >= 4 is 32.5 Å². The molecule has 0 aliphatic carbocycles. The lowest BCUT2D eigenvalue weighted by atomic mass is 9.99. The molecule has 0 saturated heterocycles. The second-order valence-corrected chi connectivity index (χ2v) is 8.67. The molecule has 29 heavy (non-hydrogen) atoms. The van der Waals surface area contributed by atoms with Crippen LogP contribution in [0.1, 0.15) is 41.6 Å². The number of nitrogens with one attached hydrogen (secondary N) is 1. The Bertz CT molecular complexity index is 1230. The van der Waals surface area contributed by atoms with Gasteiger partial charge in [0, 0.05) is 11.5 Å². The number of thiazole rings is 1. The molecular formula is C23H25N2O3S+. The number of fused-ring (bicyclic) bond motifs is 2. The van der Waals surface area contributed by atoms with Crippen LogP contribution in [0.4, 0.5) is 0 Å². The number of phenolic OH excluding ortho intramolecular Hbond substituents is 1. The standard InChI is InChI=1S/C23H24N2O3S/c1-5-15-11-16-13(2)10-20(26)28-22(16)17(21(15)27)12-25(4)14(3)23-24-18-8-6-7-9-19(18)29-23/h6-11,14,27H,5,12H2,1-4H3/p+1/t14-/m0/s1. The number of quaternary nitrogens is 1. The number of para-hydroxylation sites is 1. The molecule has 1 unspecified atom stereocenters. The summed E-state index contributed by atoms with van der Waals surface area (Å²) < 4.78 is 6.72. The van der Waals surface area contributed by atoms with Crippen LogP contribution in [0.3, 0.4) is 0 Å². The number of benzene rings is 2. The Balaban J connectivity index is 1.76. The van der Waals surface area contributed by atoms with Gasteiger partial charge in [-0.3, -0.25) is 0 Å². The highest BCUT2D eigenvalue weighted by atomic mass is 32.1. The van der Waals surface area contributed by atoms with Crippen molar-refractivity contribution in [3.8, 4) is 5.75 Å². The van der Waals surface area contributed by atoms with Crippen LogP contribution in [0.5, 0.6) is 5.75 Å². The van der Waals surface area contributed by atoms with E-state index in [2.05, 4.69) is 20.0 Å². The molecule has 2 N–H and O–H groups in total. The van der Waals surface area contributed by atoms with Crippen LogP contribution in [0.15, 0.2) is 45.6 Å². The van der Waals surface area contributed by atoms with E-state index in [4.69, 9.17) is 9.40 Å². The van der Waals surface area contributed by atoms with E-state index in [0.29, 0.717) is 24.1 Å². The highest BCUT2D eigenvalue weighted by molar-refractivity contribution is 7.18. The summed E-state index contributed by atoms with van der Waals surface area (Å²) in [6.07, 6.45) is 0.708. The van der Waals surface area contributed by atoms with Gasteiger partial charge in [0.1, 0.15) is 18.3 Å². The normalized spacial score (nSPS) is 13.8. The molecule has 0 saturated carbocycles. The van der Waals surface area contributed by atoms with Gasteiger partial charge in [-0.15, -0.1) is 11.3 Å². The molecule has 0 amide bonds. The van der Waals surface area contributed by atoms with Gasteiger partial charge < -0.3 is 14.4 Å². The topological polar surface area (TPSA) is 67.8 Å². The maximum Gasteiger partial charge on any atom is 0.336 e. The molecule has 4 aromatic rings. The second-order valence-electron chi connectivity index (χ2n) is 7.61. The SMILES string of the molecule is CCc1cc2c(C)cc(=O)oc2c(C[NH+](C)[C@@H](C)c2nc3ccccc3s2)c1O. The van der Waals surface area contributed by atoms with E-state index < -0.39 is 5.63 Å². The number of aryl methyl sites for hydroxylation is 2. The van der Waals surface area contributed by atoms with Gasteiger partial charge in [-0.25, -0.2) is 9.78 Å². The van der Waals surface area contributed by atoms with Crippen LogP contribution >= 0.6 is 11.3 Å². The van der Waals surface area contributed by atoms with E-state index in [1.807, 2.05) is 38.1 Å². The minimum absolute atomic E-state index is 0.128. The van der Waals surface area contributed by atoms with E-state index in [-0.39, 0.29) is 11.8 Å². The van der Waals surface area contributed by atoms with Gasteiger partial charge >= 0.3 is 5.63 Å². The molecule has 4 rings (SSSR count). The number of hydrogen-bond donors (Lipinski definition) is 2. The zero-order valence-electron chi connectivity index (χ0n) is 17.1. The summed E-state index contributed by atoms with van der Waals surface area (Å²) in [6.45, 7) is 6.58. The maximum absolute atomic E-state index is 12.0. The number of hydrogen-bond acceptors (Lipinski definition) is 5. The first-order chi connectivity index (χ1) is 13.9. The Morgan fingerprint density at radius 1 is 1.28 bits per heavy atom. The smallest absolute Gasteiger partial charge is 0.336 e. The van der Waals surface area contributed by atoms with Gasteiger partial charge in [-0.05, 0) is 49.6 Å². The van der Waals surface area contributed by atoms with Gasteiger partial charge in [-0.2, -0.15) is 0 Å². The Morgan fingerprint density at radius 2 is 2.03 bits per heavy atom. The Morgan fingerprint density at radius 3 is 2.76 bits per heavy atom. The molecular weight excluding hydrogens is 384 g/mol. The number of phenols is 1. The van der Waals surface area contributed by atoms with Gasteiger partial charge in [-0.1, -0.05) is 19.1 Å². The minimum Gasteiger partial charge on any atom is -0.507 e. The number of aromatic nitrogens is 1. The lowest BCUT2D eigenvalue weighted by Gasteiger charge is -2.22. The maximum atomic E-state index is 12.0. The monoisotopic (exact) mass is 409 g/mol. The van der Waals surface area contributed by atoms with Gasteiger partial charge in [0.05, 0.1) is 22.8 Å². The fourth-order valence-electron chi connectivity index (χ4n) is 3.72. The zero-order valence-corrected chi connectivity index (χ0v) is 17.9. The third-order valence-electron chi connectivity index (χ3n) is 5.65. The fourth-order valence-corrected chi connectivity index (χ4v) is 4.83. The van der Waals surface area contributed by atoms with Crippen molar-refractivity contribution in [1.29, 1.82) is 0 Å². The first kappa shape index (κ1) is 19.6. The van der Waals surface area contributed by atoms with E-state index in [9.17, 15) is 9.90 Å². The van der Waals surface area contributed by atoms with Crippen LogP contribution in [0.25, 0.3) is 21.2 Å². The van der Waals surface area contributed by atoms with Crippen molar-refractivity contribution in [2.75, 3.05) is 7.05 Å². The summed E-state index contributed by atoms with van der Waals surface area (Å²) in [6, 6.07) is 11.7. The number of rotatable bonds is 5. The summed E-state index contributed by atoms with van der Waals surface area (Å²) in [5, 5.41) is 12.8. The van der Waals surface area contributed by atoms with Crippen LogP contribution in [0, 0.1) is 6.92 Å². The highest BCUT2D eigenvalue weighted by Gasteiger charge is 2.24. The molecule has 0 aliphatic rings. The minimum atomic E-state index is -0.392. The molecule has 5 nitrogen and oxygen atoms in total. The average molecular weight is 410 g/mol. The number of aromatic hydroxyl groups is 1. The summed E-state index contributed by atoms with van der Waals surface area (Å²) in [4.78, 5) is 17.9. The van der Waals surface area contributed by atoms with E-state index in [1.165, 1.54) is 10.8 Å². The van der Waals surface area contributed by atoms with Gasteiger partial charge in [0.25, 0.3) is 0 Å². The highest BCUT2D eigenvalue weighted by Crippen LogP contribution is 2.32. The quantitative estimate of drug-likeness (QED) is 0.493. The van der Waals surface area contributed by atoms with Crippen LogP contribution in [-0.4, -0.2) is 17.1 Å². The van der Waals surface area contributed by atoms with E-state index in [1.54, 1.807) is 11.3 Å². The third-order valence-corrected chi connectivity index (χ3v) is 6.86. The van der Waals surface area contributed by atoms with Gasteiger partial charge in [0.2, 0.25) is 0 Å². The molecule has 0 fully saturated rings. The number of nitrogens with zero attached hydrogens (tertiary/aromatic N) is 1. The summed E-state index contributed by atoms with van der Waals surface area (Å²) in [7, 11) is 2.08. The molecule has 0 radical (unpaired) electrons. The predicted octanol–water partition coefficient (Wildman–Crippen LogP) is 3.76. The third kappa shape index (κ3) is 3.54. The molecule has 0 bridgehead atoms. The Labute approximate surface area is 173 Å². The molecule has 2 atom stereocenters. The lowest BCUT2D eigenvalue weighted by Crippen LogP contribution is -3.07. The van der Waals surface area contributed by atoms with E-state index in [0.717, 1.165) is 31.9 Å². The molecule has 0 aliphatic heterocycles. The largest absolute Gasteiger partial charge is 0.507 e. The van der Waals surface area contributed by atoms with Crippen molar-refractivity contribution in [3.63, 3.8) is 0 Å². The average Bonchev–Trinajstić information content (AvgIpc) is 3.13. The van der Waals surface area contributed by atoms with Crippen molar-refractivity contribution in [2.24, 2.45) is 0 Å². The summed E-state index contributed by atoms with van der Waals surface area (Å²) >= 11 is 1.70. The summed E-state index contributed by atoms with van der Waals surface area (Å²) in [5.74, 6) is 0.226. The zero-order chi connectivity index (χ0) is 20.7. The van der Waals surface area contributed by atoms with Crippen molar-refractivity contribution in [3.05, 3.63) is 68.5 Å². The Hall–Kier alpha value is -2.70. The molecule has 2 aromatic carbocycles. The molecule has 2 heterocycles. The van der Waals surface area contributed by atoms with Gasteiger partial charge in [0.15, 0.2) is 10.6 Å². The molecule has 150 valence electrons. The predicted molar refractivity (Wildman–Crippen MR) is 117 cm³/mol. The fraction of sp³-hybridized carbons (Fsp3) is 0.304. The van der Waals surface area contributed by atoms with Crippen LogP contribution in [0.2, 0.25) is 0 Å². The van der Waals surface area contributed by atoms with Crippen molar-refractivity contribution in [1.82, 2.24) is 4.98 Å². The molecule has 2 aromatic heterocycles. The first-order valence-electron chi connectivity index (χ1n) is 9.85. The summed E-state index contributed by atoms with van der Waals surface area (Å²) in [5.41, 5.74) is 3.52.